The number of carbonyl (C=O) groups is 2. The Hall–Kier alpha value is -1.06. The van der Waals surface area contributed by atoms with Gasteiger partial charge in [-0.15, -0.1) is 0 Å². The number of ether oxygens (including phenoxy) is 1. The van der Waals surface area contributed by atoms with Gasteiger partial charge >= 0.3 is 6.09 Å². The number of alkyl carbamates (subject to hydrolysis) is 1. The van der Waals surface area contributed by atoms with Gasteiger partial charge in [0, 0.05) is 6.42 Å². The fourth-order valence-corrected chi connectivity index (χ4v) is 2.26. The molecule has 18 heavy (non-hydrogen) atoms. The first kappa shape index (κ1) is 15.0. The third-order valence-corrected chi connectivity index (χ3v) is 3.18. The number of ketones is 1. The van der Waals surface area contributed by atoms with Gasteiger partial charge in [0.2, 0.25) is 0 Å². The smallest absolute Gasteiger partial charge is 0.408 e. The summed E-state index contributed by atoms with van der Waals surface area (Å²) in [7, 11) is 0. The van der Waals surface area contributed by atoms with E-state index in [9.17, 15) is 9.59 Å². The van der Waals surface area contributed by atoms with Crippen LogP contribution in [0.4, 0.5) is 4.79 Å². The summed E-state index contributed by atoms with van der Waals surface area (Å²) < 4.78 is 5.12. The summed E-state index contributed by atoms with van der Waals surface area (Å²) in [5.41, 5.74) is -0.531. The van der Waals surface area contributed by atoms with Crippen molar-refractivity contribution in [1.29, 1.82) is 0 Å². The summed E-state index contributed by atoms with van der Waals surface area (Å²) in [5.74, 6) is 1.35. The summed E-state index contributed by atoms with van der Waals surface area (Å²) >= 11 is 0. The van der Waals surface area contributed by atoms with Gasteiger partial charge in [-0.2, -0.15) is 0 Å². The lowest BCUT2D eigenvalue weighted by Gasteiger charge is -2.32. The molecule has 1 amide bonds. The quantitative estimate of drug-likeness (QED) is 0.840. The Balaban J connectivity index is 2.29. The molecule has 104 valence electrons. The SMILES string of the molecule is CC1CC(CC(=O)[C@H](C)NC(=O)OC(C)(C)C)C1. The second kappa shape index (κ2) is 5.72. The average molecular weight is 255 g/mol. The van der Waals surface area contributed by atoms with Gasteiger partial charge in [0.05, 0.1) is 6.04 Å². The van der Waals surface area contributed by atoms with Crippen LogP contribution in [0.5, 0.6) is 0 Å². The van der Waals surface area contributed by atoms with E-state index in [1.807, 2.05) is 0 Å². The fraction of sp³-hybridized carbons (Fsp3) is 0.857. The number of rotatable bonds is 4. The largest absolute Gasteiger partial charge is 0.444 e. The van der Waals surface area contributed by atoms with Gasteiger partial charge in [0.15, 0.2) is 5.78 Å². The molecule has 0 aromatic carbocycles. The van der Waals surface area contributed by atoms with Crippen LogP contribution in [0.15, 0.2) is 0 Å². The van der Waals surface area contributed by atoms with Gasteiger partial charge in [0.25, 0.3) is 0 Å². The summed E-state index contributed by atoms with van der Waals surface area (Å²) in [6.07, 6.45) is 2.31. The lowest BCUT2D eigenvalue weighted by atomic mass is 9.73. The molecule has 1 fully saturated rings. The summed E-state index contributed by atoms with van der Waals surface area (Å²) in [4.78, 5) is 23.4. The van der Waals surface area contributed by atoms with Crippen LogP contribution in [0.3, 0.4) is 0 Å². The number of carbonyl (C=O) groups excluding carboxylic acids is 2. The zero-order valence-corrected chi connectivity index (χ0v) is 12.1. The predicted molar refractivity (Wildman–Crippen MR) is 70.3 cm³/mol. The van der Waals surface area contributed by atoms with Crippen LogP contribution in [-0.2, 0) is 9.53 Å². The summed E-state index contributed by atoms with van der Waals surface area (Å²) in [5, 5.41) is 2.59. The van der Waals surface area contributed by atoms with Crippen molar-refractivity contribution in [3.8, 4) is 0 Å². The van der Waals surface area contributed by atoms with Crippen molar-refractivity contribution in [2.75, 3.05) is 0 Å². The molecule has 0 aromatic rings. The molecule has 0 saturated heterocycles. The van der Waals surface area contributed by atoms with Gasteiger partial charge in [-0.05, 0) is 52.4 Å². The Morgan fingerprint density at radius 3 is 2.33 bits per heavy atom. The molecule has 1 aliphatic rings. The second-order valence-corrected chi connectivity index (χ2v) is 6.48. The van der Waals surface area contributed by atoms with Crippen molar-refractivity contribution < 1.29 is 14.3 Å². The van der Waals surface area contributed by atoms with E-state index in [-0.39, 0.29) is 5.78 Å². The topological polar surface area (TPSA) is 55.4 Å². The molecule has 1 rings (SSSR count). The van der Waals surface area contributed by atoms with Crippen LogP contribution in [-0.4, -0.2) is 23.5 Å². The minimum atomic E-state index is -0.531. The average Bonchev–Trinajstić information content (AvgIpc) is 2.11. The molecule has 0 bridgehead atoms. The second-order valence-electron chi connectivity index (χ2n) is 6.48. The zero-order chi connectivity index (χ0) is 13.9. The highest BCUT2D eigenvalue weighted by Gasteiger charge is 2.29. The molecule has 4 nitrogen and oxygen atoms in total. The van der Waals surface area contributed by atoms with E-state index in [1.54, 1.807) is 27.7 Å². The van der Waals surface area contributed by atoms with Gasteiger partial charge in [-0.1, -0.05) is 6.92 Å². The standard InChI is InChI=1S/C14H25NO3/c1-9-6-11(7-9)8-12(16)10(2)15-13(17)18-14(3,4)5/h9-11H,6-8H2,1-5H3,(H,15,17)/t9?,10-,11?/m0/s1. The molecule has 0 aliphatic heterocycles. The van der Waals surface area contributed by atoms with Crippen molar-refractivity contribution >= 4 is 11.9 Å². The molecule has 0 radical (unpaired) electrons. The maximum Gasteiger partial charge on any atom is 0.408 e. The molecule has 0 unspecified atom stereocenters. The van der Waals surface area contributed by atoms with Gasteiger partial charge in [0.1, 0.15) is 5.60 Å². The third-order valence-electron chi connectivity index (χ3n) is 3.18. The van der Waals surface area contributed by atoms with Crippen LogP contribution >= 0.6 is 0 Å². The number of Topliss-reactive ketones (excluding diaryl/α,β-unsaturated/α-hetero) is 1. The fourth-order valence-electron chi connectivity index (χ4n) is 2.26. The van der Waals surface area contributed by atoms with Gasteiger partial charge < -0.3 is 10.1 Å². The maximum atomic E-state index is 11.9. The molecular formula is C14H25NO3. The molecule has 0 spiro atoms. The Morgan fingerprint density at radius 2 is 1.89 bits per heavy atom. The monoisotopic (exact) mass is 255 g/mol. The normalized spacial score (nSPS) is 24.9. The van der Waals surface area contributed by atoms with E-state index in [0.29, 0.717) is 12.3 Å². The van der Waals surface area contributed by atoms with E-state index in [2.05, 4.69) is 12.2 Å². The molecule has 1 saturated carbocycles. The highest BCUT2D eigenvalue weighted by molar-refractivity contribution is 5.87. The van der Waals surface area contributed by atoms with E-state index >= 15 is 0 Å². The first-order valence-electron chi connectivity index (χ1n) is 6.69. The van der Waals surface area contributed by atoms with Crippen LogP contribution in [0, 0.1) is 11.8 Å². The highest BCUT2D eigenvalue weighted by Crippen LogP contribution is 2.35. The predicted octanol–water partition coefficient (Wildman–Crippen LogP) is 2.90. The Kier molecular flexibility index (Phi) is 4.77. The van der Waals surface area contributed by atoms with E-state index in [1.165, 1.54) is 0 Å². The summed E-state index contributed by atoms with van der Waals surface area (Å²) in [6.45, 7) is 9.32. The number of amides is 1. The van der Waals surface area contributed by atoms with Crippen molar-refractivity contribution in [2.24, 2.45) is 11.8 Å². The lowest BCUT2D eigenvalue weighted by molar-refractivity contribution is -0.122. The molecule has 1 atom stereocenters. The minimum absolute atomic E-state index is 0.0951. The Morgan fingerprint density at radius 1 is 1.33 bits per heavy atom. The highest BCUT2D eigenvalue weighted by atomic mass is 16.6. The summed E-state index contributed by atoms with van der Waals surface area (Å²) in [6, 6.07) is -0.462. The molecule has 1 aliphatic carbocycles. The van der Waals surface area contributed by atoms with Crippen LogP contribution < -0.4 is 5.32 Å². The first-order chi connectivity index (χ1) is 8.17. The molecule has 4 heteroatoms. The number of hydrogen-bond donors (Lipinski definition) is 1. The zero-order valence-electron chi connectivity index (χ0n) is 12.1. The van der Waals surface area contributed by atoms with Crippen molar-refractivity contribution in [3.05, 3.63) is 0 Å². The van der Waals surface area contributed by atoms with Crippen LogP contribution in [0.1, 0.15) is 53.9 Å². The minimum Gasteiger partial charge on any atom is -0.444 e. The third kappa shape index (κ3) is 5.07. The van der Waals surface area contributed by atoms with E-state index in [4.69, 9.17) is 4.74 Å². The molecule has 0 heterocycles. The van der Waals surface area contributed by atoms with Crippen molar-refractivity contribution in [3.63, 3.8) is 0 Å². The van der Waals surface area contributed by atoms with E-state index in [0.717, 1.165) is 18.8 Å². The molecular weight excluding hydrogens is 230 g/mol. The maximum absolute atomic E-state index is 11.9. The van der Waals surface area contributed by atoms with Crippen LogP contribution in [0.25, 0.3) is 0 Å². The molecule has 1 N–H and O–H groups in total. The first-order valence-corrected chi connectivity index (χ1v) is 6.69. The van der Waals surface area contributed by atoms with Crippen molar-refractivity contribution in [1.82, 2.24) is 5.32 Å². The Bertz CT molecular complexity index is 313. The van der Waals surface area contributed by atoms with Gasteiger partial charge in [-0.25, -0.2) is 4.79 Å². The lowest BCUT2D eigenvalue weighted by Crippen LogP contribution is -2.42. The Labute approximate surface area is 109 Å². The van der Waals surface area contributed by atoms with Crippen LogP contribution in [0.2, 0.25) is 0 Å². The van der Waals surface area contributed by atoms with E-state index < -0.39 is 17.7 Å². The van der Waals surface area contributed by atoms with Crippen molar-refractivity contribution in [2.45, 2.75) is 65.5 Å². The molecule has 0 aromatic heterocycles. The van der Waals surface area contributed by atoms with Gasteiger partial charge in [-0.3, -0.25) is 4.79 Å². The number of hydrogen-bond acceptors (Lipinski definition) is 3. The number of nitrogens with one attached hydrogen (secondary N) is 1.